The number of aliphatic hydroxyl groups excluding tert-OH is 1. The molecule has 0 aliphatic carbocycles. The highest BCUT2D eigenvalue weighted by molar-refractivity contribution is 7.89. The van der Waals surface area contributed by atoms with Crippen LogP contribution in [0.2, 0.25) is 5.02 Å². The van der Waals surface area contributed by atoms with Crippen LogP contribution in [-0.2, 0) is 10.0 Å². The van der Waals surface area contributed by atoms with Crippen LogP contribution in [0.25, 0.3) is 0 Å². The van der Waals surface area contributed by atoms with Crippen LogP contribution in [0.3, 0.4) is 0 Å². The number of hydrogen-bond donors (Lipinski definition) is 2. The fourth-order valence-corrected chi connectivity index (χ4v) is 2.90. The molecule has 2 N–H and O–H groups in total. The molecule has 0 unspecified atom stereocenters. The Labute approximate surface area is 105 Å². The van der Waals surface area contributed by atoms with Gasteiger partial charge in [-0.2, -0.15) is 5.26 Å². The van der Waals surface area contributed by atoms with Crippen molar-refractivity contribution in [1.82, 2.24) is 4.72 Å². The molecule has 1 rings (SSSR count). The SMILES string of the molecule is C[C@H](CO)NS(=O)(=O)c1cc(C#N)ccc1Cl. The zero-order valence-electron chi connectivity index (χ0n) is 9.01. The van der Waals surface area contributed by atoms with Crippen molar-refractivity contribution >= 4 is 21.6 Å². The predicted molar refractivity (Wildman–Crippen MR) is 63.0 cm³/mol. The molecule has 0 saturated heterocycles. The summed E-state index contributed by atoms with van der Waals surface area (Å²) in [6.07, 6.45) is 0. The van der Waals surface area contributed by atoms with Crippen molar-refractivity contribution in [2.24, 2.45) is 0 Å². The first-order chi connectivity index (χ1) is 7.90. The molecule has 0 fully saturated rings. The maximum Gasteiger partial charge on any atom is 0.242 e. The van der Waals surface area contributed by atoms with Crippen LogP contribution in [0.1, 0.15) is 12.5 Å². The zero-order valence-corrected chi connectivity index (χ0v) is 10.6. The molecule has 0 aliphatic rings. The fourth-order valence-electron chi connectivity index (χ4n) is 1.14. The normalized spacial score (nSPS) is 13.1. The summed E-state index contributed by atoms with van der Waals surface area (Å²) in [6, 6.07) is 5.17. The Morgan fingerprint density at radius 2 is 2.24 bits per heavy atom. The van der Waals surface area contributed by atoms with Crippen molar-refractivity contribution < 1.29 is 13.5 Å². The van der Waals surface area contributed by atoms with Gasteiger partial charge >= 0.3 is 0 Å². The van der Waals surface area contributed by atoms with Crippen molar-refractivity contribution in [2.45, 2.75) is 17.9 Å². The number of sulfonamides is 1. The molecule has 0 aliphatic heterocycles. The summed E-state index contributed by atoms with van der Waals surface area (Å²) < 4.78 is 26.0. The quantitative estimate of drug-likeness (QED) is 0.852. The highest BCUT2D eigenvalue weighted by atomic mass is 35.5. The number of rotatable bonds is 4. The second kappa shape index (κ2) is 5.47. The molecule has 1 atom stereocenters. The van der Waals surface area contributed by atoms with Gasteiger partial charge in [0.15, 0.2) is 0 Å². The Balaban J connectivity index is 3.19. The minimum absolute atomic E-state index is 0.0293. The smallest absolute Gasteiger partial charge is 0.242 e. The molecule has 0 amide bonds. The predicted octanol–water partition coefficient (Wildman–Crippen LogP) is 0.871. The van der Waals surface area contributed by atoms with E-state index in [2.05, 4.69) is 4.72 Å². The van der Waals surface area contributed by atoms with Gasteiger partial charge in [-0.05, 0) is 25.1 Å². The van der Waals surface area contributed by atoms with Crippen molar-refractivity contribution in [3.63, 3.8) is 0 Å². The first kappa shape index (κ1) is 13.9. The van der Waals surface area contributed by atoms with Crippen LogP contribution in [0, 0.1) is 11.3 Å². The van der Waals surface area contributed by atoms with Crippen molar-refractivity contribution in [3.05, 3.63) is 28.8 Å². The number of aliphatic hydroxyl groups is 1. The van der Waals surface area contributed by atoms with Gasteiger partial charge in [0.1, 0.15) is 4.90 Å². The number of halogens is 1. The number of hydrogen-bond acceptors (Lipinski definition) is 4. The molecule has 1 aromatic carbocycles. The molecule has 1 aromatic rings. The van der Waals surface area contributed by atoms with Gasteiger partial charge in [-0.3, -0.25) is 0 Å². The number of nitrogens with zero attached hydrogens (tertiary/aromatic N) is 1. The van der Waals surface area contributed by atoms with E-state index in [1.54, 1.807) is 0 Å². The lowest BCUT2D eigenvalue weighted by Gasteiger charge is -2.12. The van der Waals surface area contributed by atoms with Crippen LogP contribution in [-0.4, -0.2) is 26.2 Å². The molecule has 17 heavy (non-hydrogen) atoms. The summed E-state index contributed by atoms with van der Waals surface area (Å²) in [7, 11) is -3.83. The highest BCUT2D eigenvalue weighted by Gasteiger charge is 2.20. The number of nitriles is 1. The van der Waals surface area contributed by atoms with E-state index < -0.39 is 16.1 Å². The maximum absolute atomic E-state index is 11.9. The van der Waals surface area contributed by atoms with Gasteiger partial charge in [-0.15, -0.1) is 0 Å². The van der Waals surface area contributed by atoms with E-state index in [1.165, 1.54) is 25.1 Å². The molecule has 7 heteroatoms. The summed E-state index contributed by atoms with van der Waals surface area (Å²) in [5.41, 5.74) is 0.200. The van der Waals surface area contributed by atoms with Gasteiger partial charge in [0.2, 0.25) is 10.0 Å². The fraction of sp³-hybridized carbons (Fsp3) is 0.300. The summed E-state index contributed by atoms with van der Waals surface area (Å²) in [5.74, 6) is 0. The topological polar surface area (TPSA) is 90.2 Å². The Morgan fingerprint density at radius 3 is 2.76 bits per heavy atom. The third kappa shape index (κ3) is 3.41. The van der Waals surface area contributed by atoms with Gasteiger partial charge < -0.3 is 5.11 Å². The molecular formula is C10H11ClN2O3S. The van der Waals surface area contributed by atoms with Crippen LogP contribution in [0.15, 0.2) is 23.1 Å². The van der Waals surface area contributed by atoms with E-state index in [9.17, 15) is 8.42 Å². The van der Waals surface area contributed by atoms with E-state index in [0.29, 0.717) is 0 Å². The second-order valence-corrected chi connectivity index (χ2v) is 5.55. The van der Waals surface area contributed by atoms with E-state index in [0.717, 1.165) is 0 Å². The Kier molecular flexibility index (Phi) is 4.48. The van der Waals surface area contributed by atoms with Crippen molar-refractivity contribution in [2.75, 3.05) is 6.61 Å². The maximum atomic E-state index is 11.9. The van der Waals surface area contributed by atoms with Crippen LogP contribution in [0.4, 0.5) is 0 Å². The summed E-state index contributed by atoms with van der Waals surface area (Å²) >= 11 is 5.77. The lowest BCUT2D eigenvalue weighted by molar-refractivity contribution is 0.265. The minimum Gasteiger partial charge on any atom is -0.395 e. The van der Waals surface area contributed by atoms with Crippen LogP contribution in [0.5, 0.6) is 0 Å². The lowest BCUT2D eigenvalue weighted by Crippen LogP contribution is -2.35. The van der Waals surface area contributed by atoms with Crippen LogP contribution < -0.4 is 4.72 Å². The lowest BCUT2D eigenvalue weighted by atomic mass is 10.2. The van der Waals surface area contributed by atoms with E-state index in [-0.39, 0.29) is 22.1 Å². The molecule has 0 spiro atoms. The number of benzene rings is 1. The van der Waals surface area contributed by atoms with Crippen LogP contribution >= 0.6 is 11.6 Å². The van der Waals surface area contributed by atoms with Gasteiger partial charge in [-0.25, -0.2) is 13.1 Å². The van der Waals surface area contributed by atoms with Gasteiger partial charge in [0, 0.05) is 6.04 Å². The third-order valence-electron chi connectivity index (χ3n) is 1.98. The number of nitrogens with one attached hydrogen (secondary N) is 1. The summed E-state index contributed by atoms with van der Waals surface area (Å²) in [5, 5.41) is 17.5. The summed E-state index contributed by atoms with van der Waals surface area (Å²) in [4.78, 5) is -0.168. The first-order valence-electron chi connectivity index (χ1n) is 4.73. The molecule has 0 saturated carbocycles. The van der Waals surface area contributed by atoms with E-state index in [4.69, 9.17) is 22.0 Å². The Hall–Kier alpha value is -1.13. The molecular weight excluding hydrogens is 264 g/mol. The van der Waals surface area contributed by atoms with E-state index >= 15 is 0 Å². The standard InChI is InChI=1S/C10H11ClN2O3S/c1-7(6-14)13-17(15,16)10-4-8(5-12)2-3-9(10)11/h2-4,7,13-14H,6H2,1H3/t7-/m1/s1. The molecule has 0 heterocycles. The summed E-state index contributed by atoms with van der Waals surface area (Å²) in [6.45, 7) is 1.19. The van der Waals surface area contributed by atoms with Gasteiger partial charge in [-0.1, -0.05) is 11.6 Å². The second-order valence-electron chi connectivity index (χ2n) is 3.46. The Bertz CT molecular complexity index is 551. The van der Waals surface area contributed by atoms with E-state index in [1.807, 2.05) is 6.07 Å². The van der Waals surface area contributed by atoms with Crippen molar-refractivity contribution in [3.8, 4) is 6.07 Å². The largest absolute Gasteiger partial charge is 0.395 e. The molecule has 5 nitrogen and oxygen atoms in total. The minimum atomic E-state index is -3.83. The molecule has 0 radical (unpaired) electrons. The highest BCUT2D eigenvalue weighted by Crippen LogP contribution is 2.22. The third-order valence-corrected chi connectivity index (χ3v) is 4.05. The van der Waals surface area contributed by atoms with Crippen molar-refractivity contribution in [1.29, 1.82) is 5.26 Å². The molecule has 92 valence electrons. The average molecular weight is 275 g/mol. The molecule has 0 bridgehead atoms. The van der Waals surface area contributed by atoms with Gasteiger partial charge in [0.05, 0.1) is 23.3 Å². The zero-order chi connectivity index (χ0) is 13.1. The first-order valence-corrected chi connectivity index (χ1v) is 6.59. The Morgan fingerprint density at radius 1 is 1.59 bits per heavy atom. The average Bonchev–Trinajstić information content (AvgIpc) is 2.28. The van der Waals surface area contributed by atoms with Gasteiger partial charge in [0.25, 0.3) is 0 Å². The monoisotopic (exact) mass is 274 g/mol. The molecule has 0 aromatic heterocycles.